The van der Waals surface area contributed by atoms with Crippen molar-refractivity contribution in [3.63, 3.8) is 0 Å². The molecule has 9 atom stereocenters. The second-order valence-electron chi connectivity index (χ2n) is 6.18. The highest BCUT2D eigenvalue weighted by molar-refractivity contribution is 5.21. The Morgan fingerprint density at radius 1 is 1.08 bits per heavy atom. The molecule has 0 spiro atoms. The maximum Gasteiger partial charge on any atom is 0.186 e. The molecule has 24 heavy (non-hydrogen) atoms. The summed E-state index contributed by atoms with van der Waals surface area (Å²) in [4.78, 5) is 0. The van der Waals surface area contributed by atoms with Crippen molar-refractivity contribution in [2.45, 2.75) is 68.3 Å². The lowest BCUT2D eigenvalue weighted by atomic mass is 9.85. The molecule has 1 heterocycles. The summed E-state index contributed by atoms with van der Waals surface area (Å²) in [5.41, 5.74) is 0.549. The summed E-state index contributed by atoms with van der Waals surface area (Å²) in [6.07, 6.45) is -6.44. The van der Waals surface area contributed by atoms with E-state index < -0.39 is 61.6 Å². The largest absolute Gasteiger partial charge is 0.394 e. The number of hydrogen-bond acceptors (Lipinski definition) is 9. The van der Waals surface area contributed by atoms with Gasteiger partial charge in [0.15, 0.2) is 6.29 Å². The van der Waals surface area contributed by atoms with Crippen molar-refractivity contribution < 1.29 is 40.1 Å². The lowest BCUT2D eigenvalue weighted by molar-refractivity contribution is -0.273. The van der Waals surface area contributed by atoms with Crippen molar-refractivity contribution >= 4 is 0 Å². The van der Waals surface area contributed by atoms with E-state index in [1.165, 1.54) is 7.11 Å². The Hall–Kier alpha value is -0.620. The van der Waals surface area contributed by atoms with Crippen LogP contribution >= 0.6 is 0 Å². The SMILES string of the molecule is CCC1=CC(NC2C(CO)OC(OC)C(O)C2O)C(O)C(O)C1O. The van der Waals surface area contributed by atoms with Gasteiger partial charge in [0, 0.05) is 7.11 Å². The number of aliphatic hydroxyl groups excluding tert-OH is 6. The third kappa shape index (κ3) is 3.64. The Morgan fingerprint density at radius 2 is 1.75 bits per heavy atom. The summed E-state index contributed by atoms with van der Waals surface area (Å²) in [6, 6.07) is -1.70. The maximum absolute atomic E-state index is 10.3. The highest BCUT2D eigenvalue weighted by Gasteiger charge is 2.47. The van der Waals surface area contributed by atoms with Crippen LogP contribution in [0.15, 0.2) is 11.6 Å². The van der Waals surface area contributed by atoms with Gasteiger partial charge in [0.25, 0.3) is 0 Å². The summed E-state index contributed by atoms with van der Waals surface area (Å²) in [7, 11) is 1.31. The van der Waals surface area contributed by atoms with Crippen LogP contribution in [0.2, 0.25) is 0 Å². The van der Waals surface area contributed by atoms with Gasteiger partial charge in [0.1, 0.15) is 36.6 Å². The molecule has 140 valence electrons. The summed E-state index contributed by atoms with van der Waals surface area (Å²) in [6.45, 7) is 1.36. The highest BCUT2D eigenvalue weighted by atomic mass is 16.7. The number of aliphatic hydroxyl groups is 6. The average molecular weight is 349 g/mol. The average Bonchev–Trinajstić information content (AvgIpc) is 2.59. The van der Waals surface area contributed by atoms with Crippen LogP contribution in [0.1, 0.15) is 13.3 Å². The second kappa shape index (κ2) is 8.17. The lowest BCUT2D eigenvalue weighted by Crippen LogP contribution is -2.67. The van der Waals surface area contributed by atoms with Gasteiger partial charge in [-0.15, -0.1) is 0 Å². The van der Waals surface area contributed by atoms with Gasteiger partial charge >= 0.3 is 0 Å². The van der Waals surface area contributed by atoms with Crippen molar-refractivity contribution in [2.75, 3.05) is 13.7 Å². The fourth-order valence-electron chi connectivity index (χ4n) is 3.23. The van der Waals surface area contributed by atoms with Crippen LogP contribution in [0.3, 0.4) is 0 Å². The molecule has 1 aliphatic heterocycles. The fraction of sp³-hybridized carbons (Fsp3) is 0.867. The molecule has 9 heteroatoms. The van der Waals surface area contributed by atoms with Crippen LogP contribution in [-0.2, 0) is 9.47 Å². The smallest absolute Gasteiger partial charge is 0.186 e. The quantitative estimate of drug-likeness (QED) is 0.255. The summed E-state index contributed by atoms with van der Waals surface area (Å²) in [5.74, 6) is 0. The Morgan fingerprint density at radius 3 is 2.29 bits per heavy atom. The van der Waals surface area contributed by atoms with Crippen LogP contribution in [0.4, 0.5) is 0 Å². The van der Waals surface area contributed by atoms with Crippen LogP contribution in [0, 0.1) is 0 Å². The first-order valence-electron chi connectivity index (χ1n) is 8.01. The second-order valence-corrected chi connectivity index (χ2v) is 6.18. The first kappa shape index (κ1) is 19.7. The zero-order valence-electron chi connectivity index (χ0n) is 13.7. The van der Waals surface area contributed by atoms with Gasteiger partial charge in [-0.05, 0) is 12.0 Å². The Kier molecular flexibility index (Phi) is 6.71. The minimum Gasteiger partial charge on any atom is -0.394 e. The number of ether oxygens (including phenoxy) is 2. The molecule has 0 aromatic carbocycles. The van der Waals surface area contributed by atoms with Crippen molar-refractivity contribution in [2.24, 2.45) is 0 Å². The van der Waals surface area contributed by atoms with Crippen molar-refractivity contribution in [1.29, 1.82) is 0 Å². The van der Waals surface area contributed by atoms with Gasteiger partial charge in [-0.3, -0.25) is 0 Å². The summed E-state index contributed by atoms with van der Waals surface area (Å²) >= 11 is 0. The van der Waals surface area contributed by atoms with Crippen molar-refractivity contribution in [3.05, 3.63) is 11.6 Å². The van der Waals surface area contributed by atoms with Gasteiger partial charge in [0.05, 0.1) is 18.7 Å². The zero-order chi connectivity index (χ0) is 18.0. The van der Waals surface area contributed by atoms with Gasteiger partial charge in [0.2, 0.25) is 0 Å². The summed E-state index contributed by atoms with van der Waals surface area (Å²) < 4.78 is 10.3. The van der Waals surface area contributed by atoms with Crippen LogP contribution in [-0.4, -0.2) is 99.4 Å². The molecule has 9 nitrogen and oxygen atoms in total. The van der Waals surface area contributed by atoms with Crippen LogP contribution in [0.25, 0.3) is 0 Å². The predicted octanol–water partition coefficient (Wildman–Crippen LogP) is -3.17. The first-order chi connectivity index (χ1) is 11.3. The van der Waals surface area contributed by atoms with E-state index >= 15 is 0 Å². The molecule has 0 aromatic rings. The monoisotopic (exact) mass is 349 g/mol. The van der Waals surface area contributed by atoms with Crippen molar-refractivity contribution in [1.82, 2.24) is 5.32 Å². The van der Waals surface area contributed by atoms with Gasteiger partial charge in [-0.25, -0.2) is 0 Å². The molecule has 0 aromatic heterocycles. The molecular formula is C15H27NO8. The topological polar surface area (TPSA) is 152 Å². The van der Waals surface area contributed by atoms with Crippen LogP contribution < -0.4 is 5.32 Å². The third-order valence-electron chi connectivity index (χ3n) is 4.73. The lowest BCUT2D eigenvalue weighted by Gasteiger charge is -2.45. The van der Waals surface area contributed by atoms with Crippen molar-refractivity contribution in [3.8, 4) is 0 Å². The minimum atomic E-state index is -1.38. The zero-order valence-corrected chi connectivity index (χ0v) is 13.7. The minimum absolute atomic E-state index is 0.445. The van der Waals surface area contributed by atoms with E-state index in [0.717, 1.165) is 0 Å². The highest BCUT2D eigenvalue weighted by Crippen LogP contribution is 2.26. The van der Waals surface area contributed by atoms with Crippen LogP contribution in [0.5, 0.6) is 0 Å². The standard InChI is InChI=1S/C15H27NO8/c1-3-6-4-7(11(19)13(21)10(6)18)16-9-8(5-17)24-15(23-2)14(22)12(9)20/h4,7-22H,3,5H2,1-2H3. The fourth-order valence-corrected chi connectivity index (χ4v) is 3.23. The van der Waals surface area contributed by atoms with Gasteiger partial charge in [-0.1, -0.05) is 13.0 Å². The van der Waals surface area contributed by atoms with E-state index in [9.17, 15) is 30.6 Å². The predicted molar refractivity (Wildman–Crippen MR) is 81.9 cm³/mol. The maximum atomic E-state index is 10.3. The Labute approximate surface area is 140 Å². The Balaban J connectivity index is 2.19. The van der Waals surface area contributed by atoms with E-state index in [-0.39, 0.29) is 0 Å². The molecule has 2 rings (SSSR count). The molecule has 7 N–H and O–H groups in total. The molecule has 1 fully saturated rings. The molecule has 0 radical (unpaired) electrons. The van der Waals surface area contributed by atoms with E-state index in [1.54, 1.807) is 13.0 Å². The molecule has 0 amide bonds. The number of nitrogens with one attached hydrogen (secondary N) is 1. The first-order valence-corrected chi connectivity index (χ1v) is 8.01. The molecule has 0 bridgehead atoms. The molecular weight excluding hydrogens is 322 g/mol. The molecule has 1 aliphatic carbocycles. The van der Waals surface area contributed by atoms with E-state index in [0.29, 0.717) is 12.0 Å². The number of rotatable bonds is 5. The third-order valence-corrected chi connectivity index (χ3v) is 4.73. The van der Waals surface area contributed by atoms with Gasteiger partial charge < -0.3 is 45.4 Å². The number of methoxy groups -OCH3 is 1. The van der Waals surface area contributed by atoms with E-state index in [1.807, 2.05) is 0 Å². The molecule has 2 aliphatic rings. The molecule has 0 saturated carbocycles. The normalized spacial score (nSPS) is 46.7. The molecule has 9 unspecified atom stereocenters. The summed E-state index contributed by atoms with van der Waals surface area (Å²) in [5, 5.41) is 62.8. The Bertz CT molecular complexity index is 445. The van der Waals surface area contributed by atoms with E-state index in [4.69, 9.17) is 9.47 Å². The number of hydrogen-bond donors (Lipinski definition) is 7. The molecule has 1 saturated heterocycles. The van der Waals surface area contributed by atoms with E-state index in [2.05, 4.69) is 5.32 Å². The van der Waals surface area contributed by atoms with Gasteiger partial charge in [-0.2, -0.15) is 0 Å².